The van der Waals surface area contributed by atoms with Gasteiger partial charge in [0.15, 0.2) is 0 Å². The van der Waals surface area contributed by atoms with Crippen LogP contribution in [0.25, 0.3) is 22.3 Å². The fourth-order valence-electron chi connectivity index (χ4n) is 3.15. The van der Waals surface area contributed by atoms with Crippen molar-refractivity contribution in [2.75, 3.05) is 13.7 Å². The molecule has 0 aliphatic carbocycles. The van der Waals surface area contributed by atoms with Crippen molar-refractivity contribution in [1.82, 2.24) is 0 Å². The Bertz CT molecular complexity index is 1170. The molecule has 0 aliphatic heterocycles. The Kier molecular flexibility index (Phi) is 5.45. The minimum Gasteiger partial charge on any atom is -0.497 e. The number of hydrogen-bond acceptors (Lipinski definition) is 3. The van der Waals surface area contributed by atoms with Crippen molar-refractivity contribution in [3.8, 4) is 17.1 Å². The Morgan fingerprint density at radius 1 is 0.929 bits per heavy atom. The molecule has 0 saturated carbocycles. The maximum absolute atomic E-state index is 6.38. The molecule has 0 atom stereocenters. The molecule has 0 unspecified atom stereocenters. The van der Waals surface area contributed by atoms with E-state index in [1.54, 1.807) is 7.11 Å². The van der Waals surface area contributed by atoms with Crippen molar-refractivity contribution in [3.63, 3.8) is 0 Å². The lowest BCUT2D eigenvalue weighted by atomic mass is 10.1. The highest BCUT2D eigenvalue weighted by atomic mass is 35.5. The molecule has 1 aromatic heterocycles. The van der Waals surface area contributed by atoms with Crippen molar-refractivity contribution in [2.45, 2.75) is 6.42 Å². The predicted molar refractivity (Wildman–Crippen MR) is 114 cm³/mol. The van der Waals surface area contributed by atoms with Gasteiger partial charge in [-0.3, -0.25) is 4.99 Å². The number of rotatable bonds is 5. The molecule has 0 spiro atoms. The van der Waals surface area contributed by atoms with Crippen molar-refractivity contribution < 1.29 is 9.15 Å². The molecule has 28 heavy (non-hydrogen) atoms. The maximum atomic E-state index is 6.38. The van der Waals surface area contributed by atoms with Crippen LogP contribution in [0, 0.1) is 0 Å². The lowest BCUT2D eigenvalue weighted by Crippen LogP contribution is -2.06. The summed E-state index contributed by atoms with van der Waals surface area (Å²) in [5.41, 5.74) is 2.86. The van der Waals surface area contributed by atoms with Gasteiger partial charge in [0, 0.05) is 23.6 Å². The summed E-state index contributed by atoms with van der Waals surface area (Å²) < 4.78 is 11.5. The van der Waals surface area contributed by atoms with E-state index in [2.05, 4.69) is 12.1 Å². The highest BCUT2D eigenvalue weighted by Gasteiger charge is 2.09. The number of methoxy groups -OCH3 is 1. The van der Waals surface area contributed by atoms with Crippen molar-refractivity contribution in [1.29, 1.82) is 0 Å². The SMILES string of the molecule is COc1ccc2oc(-c3ccccc3Cl)cc(=NCCc3ccccc3)c2c1. The summed E-state index contributed by atoms with van der Waals surface area (Å²) in [5, 5.41) is 2.43. The number of halogens is 1. The monoisotopic (exact) mass is 389 g/mol. The van der Waals surface area contributed by atoms with Gasteiger partial charge in [0.1, 0.15) is 17.1 Å². The Morgan fingerprint density at radius 3 is 2.50 bits per heavy atom. The van der Waals surface area contributed by atoms with Gasteiger partial charge < -0.3 is 9.15 Å². The molecule has 0 amide bonds. The molecule has 0 radical (unpaired) electrons. The Hall–Kier alpha value is -3.04. The molecule has 0 saturated heterocycles. The summed E-state index contributed by atoms with van der Waals surface area (Å²) in [6.45, 7) is 0.683. The highest BCUT2D eigenvalue weighted by molar-refractivity contribution is 6.33. The van der Waals surface area contributed by atoms with Crippen molar-refractivity contribution in [2.24, 2.45) is 4.99 Å². The summed E-state index contributed by atoms with van der Waals surface area (Å²) >= 11 is 6.38. The van der Waals surface area contributed by atoms with E-state index in [9.17, 15) is 0 Å². The normalized spacial score (nSPS) is 11.7. The second-order valence-electron chi connectivity index (χ2n) is 6.46. The van der Waals surface area contributed by atoms with Crippen molar-refractivity contribution >= 4 is 22.6 Å². The molecule has 0 bridgehead atoms. The number of ether oxygens (including phenoxy) is 1. The van der Waals surface area contributed by atoms with Gasteiger partial charge >= 0.3 is 0 Å². The second-order valence-corrected chi connectivity index (χ2v) is 6.86. The van der Waals surface area contributed by atoms with Crippen LogP contribution in [0.1, 0.15) is 5.56 Å². The zero-order chi connectivity index (χ0) is 19.3. The fourth-order valence-corrected chi connectivity index (χ4v) is 3.38. The summed E-state index contributed by atoms with van der Waals surface area (Å²) in [6, 6.07) is 25.7. The van der Waals surface area contributed by atoms with Crippen LogP contribution < -0.4 is 10.1 Å². The molecule has 3 nitrogen and oxygen atoms in total. The van der Waals surface area contributed by atoms with Crippen LogP contribution in [-0.2, 0) is 6.42 Å². The van der Waals surface area contributed by atoms with E-state index in [1.165, 1.54) is 5.56 Å². The van der Waals surface area contributed by atoms with Crippen LogP contribution in [-0.4, -0.2) is 13.7 Å². The first kappa shape index (κ1) is 18.3. The van der Waals surface area contributed by atoms with E-state index >= 15 is 0 Å². The van der Waals surface area contributed by atoms with Crippen LogP contribution in [0.2, 0.25) is 5.02 Å². The van der Waals surface area contributed by atoms with Gasteiger partial charge in [0.05, 0.1) is 17.5 Å². The molecule has 4 rings (SSSR count). The Morgan fingerprint density at radius 2 is 1.71 bits per heavy atom. The average Bonchev–Trinajstić information content (AvgIpc) is 2.74. The minimum absolute atomic E-state index is 0.648. The number of hydrogen-bond donors (Lipinski definition) is 0. The molecule has 140 valence electrons. The van der Waals surface area contributed by atoms with E-state index in [-0.39, 0.29) is 0 Å². The zero-order valence-corrected chi connectivity index (χ0v) is 16.3. The molecule has 1 heterocycles. The quantitative estimate of drug-likeness (QED) is 0.425. The largest absolute Gasteiger partial charge is 0.497 e. The maximum Gasteiger partial charge on any atom is 0.138 e. The Balaban J connectivity index is 1.81. The number of nitrogens with zero attached hydrogens (tertiary/aromatic N) is 1. The third-order valence-electron chi connectivity index (χ3n) is 4.62. The third-order valence-corrected chi connectivity index (χ3v) is 4.94. The van der Waals surface area contributed by atoms with Crippen LogP contribution in [0.3, 0.4) is 0 Å². The van der Waals surface area contributed by atoms with Crippen LogP contribution in [0.15, 0.2) is 88.3 Å². The topological polar surface area (TPSA) is 34.7 Å². The first-order valence-corrected chi connectivity index (χ1v) is 9.53. The third kappa shape index (κ3) is 3.95. The second kappa shape index (κ2) is 8.32. The van der Waals surface area contributed by atoms with Gasteiger partial charge in [-0.25, -0.2) is 0 Å². The van der Waals surface area contributed by atoms with Gasteiger partial charge in [-0.1, -0.05) is 54.1 Å². The summed E-state index contributed by atoms with van der Waals surface area (Å²) in [5.74, 6) is 1.47. The molecule has 0 aliphatic rings. The van der Waals surface area contributed by atoms with Gasteiger partial charge in [0.25, 0.3) is 0 Å². The highest BCUT2D eigenvalue weighted by Crippen LogP contribution is 2.29. The van der Waals surface area contributed by atoms with E-state index in [4.69, 9.17) is 25.7 Å². The van der Waals surface area contributed by atoms with E-state index in [0.717, 1.165) is 34.1 Å². The Labute approximate surface area is 168 Å². The summed E-state index contributed by atoms with van der Waals surface area (Å²) in [6.07, 6.45) is 0.875. The summed E-state index contributed by atoms with van der Waals surface area (Å²) in [4.78, 5) is 4.86. The van der Waals surface area contributed by atoms with E-state index in [0.29, 0.717) is 17.3 Å². The molecule has 0 fully saturated rings. The predicted octanol–water partition coefficient (Wildman–Crippen LogP) is 5.91. The summed E-state index contributed by atoms with van der Waals surface area (Å²) in [7, 11) is 1.66. The molecule has 0 N–H and O–H groups in total. The molecule has 3 aromatic carbocycles. The van der Waals surface area contributed by atoms with E-state index in [1.807, 2.05) is 66.7 Å². The van der Waals surface area contributed by atoms with Gasteiger partial charge in [-0.15, -0.1) is 0 Å². The molecule has 4 heteroatoms. The smallest absolute Gasteiger partial charge is 0.138 e. The lowest BCUT2D eigenvalue weighted by Gasteiger charge is -2.08. The molecular formula is C24H20ClNO2. The van der Waals surface area contributed by atoms with E-state index < -0.39 is 0 Å². The van der Waals surface area contributed by atoms with Gasteiger partial charge in [-0.2, -0.15) is 0 Å². The van der Waals surface area contributed by atoms with Crippen molar-refractivity contribution in [3.05, 3.63) is 94.8 Å². The fraction of sp³-hybridized carbons (Fsp3) is 0.125. The van der Waals surface area contributed by atoms with Crippen LogP contribution in [0.4, 0.5) is 0 Å². The van der Waals surface area contributed by atoms with Gasteiger partial charge in [-0.05, 0) is 42.3 Å². The average molecular weight is 390 g/mol. The number of benzene rings is 3. The van der Waals surface area contributed by atoms with Gasteiger partial charge in [0.2, 0.25) is 0 Å². The molecule has 4 aromatic rings. The van der Waals surface area contributed by atoms with Crippen LogP contribution in [0.5, 0.6) is 5.75 Å². The number of fused-ring (bicyclic) bond motifs is 1. The molecular weight excluding hydrogens is 370 g/mol. The standard InChI is InChI=1S/C24H20ClNO2/c1-27-18-11-12-23-20(15-18)22(26-14-13-17-7-3-2-4-8-17)16-24(28-23)19-9-5-6-10-21(19)25/h2-12,15-16H,13-14H2,1H3. The zero-order valence-electron chi connectivity index (χ0n) is 15.6. The first-order valence-electron chi connectivity index (χ1n) is 9.16. The first-order chi connectivity index (χ1) is 13.7. The minimum atomic E-state index is 0.648. The lowest BCUT2D eigenvalue weighted by molar-refractivity contribution is 0.415. The van der Waals surface area contributed by atoms with Crippen LogP contribution >= 0.6 is 11.6 Å².